The van der Waals surface area contributed by atoms with Crippen LogP contribution >= 0.6 is 11.8 Å². The van der Waals surface area contributed by atoms with Gasteiger partial charge in [0.05, 0.1) is 25.4 Å². The maximum absolute atomic E-state index is 12.2. The molecule has 8 nitrogen and oxygen atoms in total. The van der Waals surface area contributed by atoms with Crippen LogP contribution in [-0.2, 0) is 11.2 Å². The number of aromatic nitrogens is 3. The normalized spacial score (nSPS) is 10.3. The molecule has 3 aromatic rings. The van der Waals surface area contributed by atoms with Crippen molar-refractivity contribution in [3.8, 4) is 23.2 Å². The number of nitriles is 1. The Morgan fingerprint density at radius 3 is 2.57 bits per heavy atom. The third-order valence-electron chi connectivity index (χ3n) is 3.87. The SMILES string of the molecule is COc1ccc(-c2nnc(SCC(=O)Nc3ccc(CC#N)cc3)n2N)cc1. The van der Waals surface area contributed by atoms with E-state index in [1.165, 1.54) is 16.4 Å². The first-order valence-electron chi connectivity index (χ1n) is 8.34. The molecule has 1 amide bonds. The van der Waals surface area contributed by atoms with Gasteiger partial charge in [0.15, 0.2) is 5.82 Å². The zero-order chi connectivity index (χ0) is 19.9. The zero-order valence-electron chi connectivity index (χ0n) is 15.1. The van der Waals surface area contributed by atoms with Gasteiger partial charge in [-0.15, -0.1) is 10.2 Å². The predicted octanol–water partition coefficient (Wildman–Crippen LogP) is 2.46. The number of hydrogen-bond donors (Lipinski definition) is 2. The second-order valence-corrected chi connectivity index (χ2v) is 6.72. The molecule has 0 aliphatic rings. The van der Waals surface area contributed by atoms with Crippen LogP contribution in [-0.4, -0.2) is 33.6 Å². The summed E-state index contributed by atoms with van der Waals surface area (Å²) in [6.45, 7) is 0. The molecular formula is C19H18N6O2S. The first-order valence-corrected chi connectivity index (χ1v) is 9.32. The van der Waals surface area contributed by atoms with Gasteiger partial charge in [-0.2, -0.15) is 5.26 Å². The van der Waals surface area contributed by atoms with Crippen molar-refractivity contribution >= 4 is 23.4 Å². The number of rotatable bonds is 7. The fraction of sp³-hybridized carbons (Fsp3) is 0.158. The van der Waals surface area contributed by atoms with E-state index in [4.69, 9.17) is 15.8 Å². The van der Waals surface area contributed by atoms with Crippen LogP contribution in [0, 0.1) is 11.3 Å². The Morgan fingerprint density at radius 1 is 1.21 bits per heavy atom. The van der Waals surface area contributed by atoms with Gasteiger partial charge in [0.25, 0.3) is 0 Å². The third-order valence-corrected chi connectivity index (χ3v) is 4.81. The lowest BCUT2D eigenvalue weighted by atomic mass is 10.1. The third kappa shape index (κ3) is 4.61. The summed E-state index contributed by atoms with van der Waals surface area (Å²) in [5.41, 5.74) is 2.36. The van der Waals surface area contributed by atoms with Gasteiger partial charge in [-0.25, -0.2) is 4.68 Å². The average molecular weight is 394 g/mol. The molecule has 28 heavy (non-hydrogen) atoms. The van der Waals surface area contributed by atoms with E-state index in [0.717, 1.165) is 16.9 Å². The molecule has 0 unspecified atom stereocenters. The summed E-state index contributed by atoms with van der Waals surface area (Å²) in [7, 11) is 1.60. The smallest absolute Gasteiger partial charge is 0.234 e. The number of carbonyl (C=O) groups is 1. The molecule has 2 aromatic carbocycles. The number of ether oxygens (including phenoxy) is 1. The van der Waals surface area contributed by atoms with E-state index in [1.807, 2.05) is 36.4 Å². The molecule has 0 saturated carbocycles. The van der Waals surface area contributed by atoms with Crippen LogP contribution in [0.25, 0.3) is 11.4 Å². The monoisotopic (exact) mass is 394 g/mol. The Labute approximate surface area is 166 Å². The number of nitrogens with one attached hydrogen (secondary N) is 1. The van der Waals surface area contributed by atoms with Crippen LogP contribution < -0.4 is 15.9 Å². The molecule has 0 aliphatic heterocycles. The number of anilines is 1. The zero-order valence-corrected chi connectivity index (χ0v) is 15.9. The molecule has 3 N–H and O–H groups in total. The van der Waals surface area contributed by atoms with Gasteiger partial charge in [0, 0.05) is 11.3 Å². The van der Waals surface area contributed by atoms with Crippen molar-refractivity contribution in [3.05, 3.63) is 54.1 Å². The molecule has 0 spiro atoms. The van der Waals surface area contributed by atoms with Crippen LogP contribution in [0.2, 0.25) is 0 Å². The standard InChI is InChI=1S/C19H18N6O2S/c1-27-16-8-4-14(5-9-16)18-23-24-19(25(18)21)28-12-17(26)22-15-6-2-13(3-7-15)10-11-20/h2-9H,10,12,21H2,1H3,(H,22,26). The fourth-order valence-electron chi connectivity index (χ4n) is 2.44. The van der Waals surface area contributed by atoms with Crippen LogP contribution in [0.4, 0.5) is 5.69 Å². The van der Waals surface area contributed by atoms with Gasteiger partial charge in [0.2, 0.25) is 11.1 Å². The highest BCUT2D eigenvalue weighted by molar-refractivity contribution is 7.99. The average Bonchev–Trinajstić information content (AvgIpc) is 3.08. The van der Waals surface area contributed by atoms with E-state index in [1.54, 1.807) is 19.2 Å². The minimum atomic E-state index is -0.188. The van der Waals surface area contributed by atoms with Gasteiger partial charge in [0.1, 0.15) is 5.75 Å². The van der Waals surface area contributed by atoms with Crippen LogP contribution in [0.15, 0.2) is 53.7 Å². The topological polar surface area (TPSA) is 119 Å². The fourth-order valence-corrected chi connectivity index (χ4v) is 3.09. The molecule has 142 valence electrons. The lowest BCUT2D eigenvalue weighted by Crippen LogP contribution is -2.16. The maximum Gasteiger partial charge on any atom is 0.234 e. The summed E-state index contributed by atoms with van der Waals surface area (Å²) in [6, 6.07) is 16.5. The maximum atomic E-state index is 12.2. The summed E-state index contributed by atoms with van der Waals surface area (Å²) in [4.78, 5) is 12.2. The van der Waals surface area contributed by atoms with E-state index in [0.29, 0.717) is 23.1 Å². The second kappa shape index (κ2) is 8.92. The quantitative estimate of drug-likeness (QED) is 0.467. The van der Waals surface area contributed by atoms with E-state index in [2.05, 4.69) is 21.6 Å². The molecule has 0 radical (unpaired) electrons. The molecule has 0 aliphatic carbocycles. The predicted molar refractivity (Wildman–Crippen MR) is 107 cm³/mol. The summed E-state index contributed by atoms with van der Waals surface area (Å²) in [5.74, 6) is 7.25. The Bertz CT molecular complexity index is 993. The minimum absolute atomic E-state index is 0.137. The van der Waals surface area contributed by atoms with Gasteiger partial charge < -0.3 is 15.9 Å². The first kappa shape index (κ1) is 19.3. The molecule has 0 bridgehead atoms. The molecule has 0 fully saturated rings. The van der Waals surface area contributed by atoms with Gasteiger partial charge in [-0.05, 0) is 42.0 Å². The van der Waals surface area contributed by atoms with Crippen molar-refractivity contribution < 1.29 is 9.53 Å². The highest BCUT2D eigenvalue weighted by Crippen LogP contribution is 2.23. The van der Waals surface area contributed by atoms with Crippen LogP contribution in [0.1, 0.15) is 5.56 Å². The number of amides is 1. The molecule has 9 heteroatoms. The number of nitrogen functional groups attached to an aromatic ring is 1. The highest BCUT2D eigenvalue weighted by atomic mass is 32.2. The second-order valence-electron chi connectivity index (χ2n) is 5.77. The number of nitrogens with zero attached hydrogens (tertiary/aromatic N) is 4. The largest absolute Gasteiger partial charge is 0.497 e. The summed E-state index contributed by atoms with van der Waals surface area (Å²) >= 11 is 1.19. The van der Waals surface area contributed by atoms with Crippen molar-refractivity contribution in [3.63, 3.8) is 0 Å². The van der Waals surface area contributed by atoms with E-state index >= 15 is 0 Å². The molecule has 3 rings (SSSR count). The molecule has 0 saturated heterocycles. The Hall–Kier alpha value is -3.51. The number of carbonyl (C=O) groups excluding carboxylic acids is 1. The number of nitrogens with two attached hydrogens (primary N) is 1. The van der Waals surface area contributed by atoms with Crippen molar-refractivity contribution in [2.24, 2.45) is 0 Å². The van der Waals surface area contributed by atoms with Gasteiger partial charge in [-0.1, -0.05) is 23.9 Å². The first-order chi connectivity index (χ1) is 13.6. The van der Waals surface area contributed by atoms with Gasteiger partial charge >= 0.3 is 0 Å². The molecule has 1 heterocycles. The molecule has 0 atom stereocenters. The van der Waals surface area contributed by atoms with Crippen LogP contribution in [0.3, 0.4) is 0 Å². The van der Waals surface area contributed by atoms with Crippen molar-refractivity contribution in [1.82, 2.24) is 14.9 Å². The van der Waals surface area contributed by atoms with Crippen molar-refractivity contribution in [2.45, 2.75) is 11.6 Å². The number of thioether (sulfide) groups is 1. The Kier molecular flexibility index (Phi) is 6.14. The highest BCUT2D eigenvalue weighted by Gasteiger charge is 2.14. The lowest BCUT2D eigenvalue weighted by molar-refractivity contribution is -0.113. The molecular weight excluding hydrogens is 376 g/mol. The number of benzene rings is 2. The van der Waals surface area contributed by atoms with E-state index in [-0.39, 0.29) is 11.7 Å². The minimum Gasteiger partial charge on any atom is -0.497 e. The van der Waals surface area contributed by atoms with Crippen LogP contribution in [0.5, 0.6) is 5.75 Å². The molecule has 1 aromatic heterocycles. The number of methoxy groups -OCH3 is 1. The van der Waals surface area contributed by atoms with Gasteiger partial charge in [-0.3, -0.25) is 4.79 Å². The van der Waals surface area contributed by atoms with E-state index in [9.17, 15) is 4.79 Å². The summed E-state index contributed by atoms with van der Waals surface area (Å²) < 4.78 is 6.49. The lowest BCUT2D eigenvalue weighted by Gasteiger charge is -2.06. The number of hydrogen-bond acceptors (Lipinski definition) is 7. The summed E-state index contributed by atoms with van der Waals surface area (Å²) in [6.07, 6.45) is 0.340. The van der Waals surface area contributed by atoms with Crippen molar-refractivity contribution in [1.29, 1.82) is 5.26 Å². The van der Waals surface area contributed by atoms with E-state index < -0.39 is 0 Å². The summed E-state index contributed by atoms with van der Waals surface area (Å²) in [5, 5.41) is 20.1. The Morgan fingerprint density at radius 2 is 1.93 bits per heavy atom. The Balaban J connectivity index is 1.59. The van der Waals surface area contributed by atoms with Crippen molar-refractivity contribution in [2.75, 3.05) is 24.0 Å².